The van der Waals surface area contributed by atoms with Gasteiger partial charge in [-0.25, -0.2) is 4.79 Å². The summed E-state index contributed by atoms with van der Waals surface area (Å²) in [6.45, 7) is 9.51. The van der Waals surface area contributed by atoms with Gasteiger partial charge >= 0.3 is 6.09 Å². The molecule has 4 nitrogen and oxygen atoms in total. The molecule has 0 aromatic heterocycles. The van der Waals surface area contributed by atoms with E-state index >= 15 is 0 Å². The maximum Gasteiger partial charge on any atom is 0.410 e. The fraction of sp³-hybridized carbons (Fsp3) is 0.923. The molecule has 0 spiro atoms. The largest absolute Gasteiger partial charge is 0.444 e. The van der Waals surface area contributed by atoms with Crippen molar-refractivity contribution >= 4 is 6.09 Å². The van der Waals surface area contributed by atoms with Crippen molar-refractivity contribution in [1.29, 1.82) is 0 Å². The molecule has 4 heteroatoms. The molecule has 1 atom stereocenters. The molecule has 1 amide bonds. The van der Waals surface area contributed by atoms with Crippen LogP contribution >= 0.6 is 0 Å². The third-order valence-electron chi connectivity index (χ3n) is 3.36. The average molecular weight is 240 g/mol. The zero-order valence-electron chi connectivity index (χ0n) is 11.3. The maximum absolute atomic E-state index is 11.7. The second-order valence-electron chi connectivity index (χ2n) is 6.38. The summed E-state index contributed by atoms with van der Waals surface area (Å²) in [5.74, 6) is 0.866. The predicted molar refractivity (Wildman–Crippen MR) is 66.9 cm³/mol. The minimum Gasteiger partial charge on any atom is -0.444 e. The lowest BCUT2D eigenvalue weighted by Crippen LogP contribution is -2.62. The van der Waals surface area contributed by atoms with E-state index in [1.165, 1.54) is 12.8 Å². The Bertz CT molecular complexity index is 288. The molecule has 1 saturated heterocycles. The van der Waals surface area contributed by atoms with Gasteiger partial charge in [0.05, 0.1) is 0 Å². The second-order valence-corrected chi connectivity index (χ2v) is 6.38. The Hall–Kier alpha value is -0.770. The van der Waals surface area contributed by atoms with Crippen molar-refractivity contribution in [3.63, 3.8) is 0 Å². The van der Waals surface area contributed by atoms with Gasteiger partial charge in [-0.15, -0.1) is 0 Å². The first kappa shape index (κ1) is 12.7. The molecule has 17 heavy (non-hydrogen) atoms. The SMILES string of the molecule is CC(NC1CN(C(=O)OC(C)(C)C)C1)C1CC1. The number of carbonyl (C=O) groups is 1. The van der Waals surface area contributed by atoms with E-state index in [1.54, 1.807) is 4.90 Å². The van der Waals surface area contributed by atoms with Crippen LogP contribution in [0.25, 0.3) is 0 Å². The number of carbonyl (C=O) groups excluding carboxylic acids is 1. The Balaban J connectivity index is 1.66. The van der Waals surface area contributed by atoms with Crippen LogP contribution in [0.5, 0.6) is 0 Å². The van der Waals surface area contributed by atoms with Gasteiger partial charge < -0.3 is 15.0 Å². The first-order valence-electron chi connectivity index (χ1n) is 6.59. The summed E-state index contributed by atoms with van der Waals surface area (Å²) >= 11 is 0. The molecule has 1 aliphatic carbocycles. The number of hydrogen-bond donors (Lipinski definition) is 1. The lowest BCUT2D eigenvalue weighted by molar-refractivity contribution is 0.00411. The van der Waals surface area contributed by atoms with Gasteiger partial charge in [-0.05, 0) is 46.5 Å². The molecule has 1 saturated carbocycles. The van der Waals surface area contributed by atoms with Crippen molar-refractivity contribution < 1.29 is 9.53 Å². The average Bonchev–Trinajstić information content (AvgIpc) is 2.88. The van der Waals surface area contributed by atoms with Gasteiger partial charge in [0.15, 0.2) is 0 Å². The monoisotopic (exact) mass is 240 g/mol. The van der Waals surface area contributed by atoms with Crippen LogP contribution in [-0.4, -0.2) is 41.8 Å². The van der Waals surface area contributed by atoms with Gasteiger partial charge in [-0.3, -0.25) is 0 Å². The standard InChI is InChI=1S/C13H24N2O2/c1-9(10-5-6-10)14-11-7-15(8-11)12(16)17-13(2,3)4/h9-11,14H,5-8H2,1-4H3. The van der Waals surface area contributed by atoms with E-state index in [9.17, 15) is 4.79 Å². The van der Waals surface area contributed by atoms with E-state index in [0.717, 1.165) is 19.0 Å². The summed E-state index contributed by atoms with van der Waals surface area (Å²) in [7, 11) is 0. The van der Waals surface area contributed by atoms with E-state index in [2.05, 4.69) is 12.2 Å². The number of hydrogen-bond acceptors (Lipinski definition) is 3. The van der Waals surface area contributed by atoms with Crippen molar-refractivity contribution in [3.8, 4) is 0 Å². The Labute approximate surface area is 104 Å². The van der Waals surface area contributed by atoms with Gasteiger partial charge in [0, 0.05) is 25.2 Å². The lowest BCUT2D eigenvalue weighted by Gasteiger charge is -2.41. The molecular formula is C13H24N2O2. The van der Waals surface area contributed by atoms with Gasteiger partial charge in [-0.1, -0.05) is 0 Å². The highest BCUT2D eigenvalue weighted by Crippen LogP contribution is 2.32. The van der Waals surface area contributed by atoms with Crippen molar-refractivity contribution in [2.75, 3.05) is 13.1 Å². The van der Waals surface area contributed by atoms with Crippen LogP contribution in [0.1, 0.15) is 40.5 Å². The highest BCUT2D eigenvalue weighted by molar-refractivity contribution is 5.69. The number of ether oxygens (including phenoxy) is 1. The maximum atomic E-state index is 11.7. The molecule has 2 aliphatic rings. The van der Waals surface area contributed by atoms with Crippen LogP contribution in [0.15, 0.2) is 0 Å². The Morgan fingerprint density at radius 1 is 1.35 bits per heavy atom. The van der Waals surface area contributed by atoms with Crippen molar-refractivity contribution in [1.82, 2.24) is 10.2 Å². The molecule has 98 valence electrons. The molecule has 0 radical (unpaired) electrons. The molecule has 1 N–H and O–H groups in total. The topological polar surface area (TPSA) is 41.6 Å². The second kappa shape index (κ2) is 4.48. The highest BCUT2D eigenvalue weighted by atomic mass is 16.6. The van der Waals surface area contributed by atoms with Crippen LogP contribution in [0, 0.1) is 5.92 Å². The summed E-state index contributed by atoms with van der Waals surface area (Å²) in [6, 6.07) is 1.05. The zero-order valence-corrected chi connectivity index (χ0v) is 11.3. The van der Waals surface area contributed by atoms with E-state index in [-0.39, 0.29) is 6.09 Å². The third-order valence-corrected chi connectivity index (χ3v) is 3.36. The van der Waals surface area contributed by atoms with Crippen LogP contribution in [0.2, 0.25) is 0 Å². The molecule has 2 fully saturated rings. The van der Waals surface area contributed by atoms with Gasteiger partial charge in [0.25, 0.3) is 0 Å². The fourth-order valence-electron chi connectivity index (χ4n) is 2.16. The molecule has 1 unspecified atom stereocenters. The summed E-state index contributed by atoms with van der Waals surface area (Å²) in [4.78, 5) is 13.5. The number of nitrogens with zero attached hydrogens (tertiary/aromatic N) is 1. The molecule has 1 heterocycles. The first-order valence-corrected chi connectivity index (χ1v) is 6.59. The minimum absolute atomic E-state index is 0.186. The molecule has 0 bridgehead atoms. The normalized spacial score (nSPS) is 23.2. The number of amides is 1. The van der Waals surface area contributed by atoms with Gasteiger partial charge in [0.1, 0.15) is 5.60 Å². The number of rotatable bonds is 3. The third kappa shape index (κ3) is 3.60. The van der Waals surface area contributed by atoms with E-state index < -0.39 is 5.60 Å². The molecule has 2 rings (SSSR count). The molecule has 0 aromatic rings. The smallest absolute Gasteiger partial charge is 0.410 e. The summed E-state index contributed by atoms with van der Waals surface area (Å²) in [5.41, 5.74) is -0.392. The number of nitrogens with one attached hydrogen (secondary N) is 1. The van der Waals surface area contributed by atoms with Crippen molar-refractivity contribution in [2.24, 2.45) is 5.92 Å². The van der Waals surface area contributed by atoms with Crippen LogP contribution < -0.4 is 5.32 Å². The van der Waals surface area contributed by atoms with Crippen molar-refractivity contribution in [2.45, 2.75) is 58.2 Å². The zero-order chi connectivity index (χ0) is 12.6. The first-order chi connectivity index (χ1) is 7.85. The summed E-state index contributed by atoms with van der Waals surface area (Å²) in [5, 5.41) is 3.58. The van der Waals surface area contributed by atoms with Crippen LogP contribution in [0.4, 0.5) is 4.79 Å². The molecule has 1 aliphatic heterocycles. The predicted octanol–water partition coefficient (Wildman–Crippen LogP) is 1.99. The minimum atomic E-state index is -0.392. The van der Waals surface area contributed by atoms with Gasteiger partial charge in [0.2, 0.25) is 0 Å². The van der Waals surface area contributed by atoms with E-state index in [4.69, 9.17) is 4.74 Å². The van der Waals surface area contributed by atoms with E-state index in [0.29, 0.717) is 12.1 Å². The summed E-state index contributed by atoms with van der Waals surface area (Å²) < 4.78 is 5.31. The Morgan fingerprint density at radius 2 is 1.94 bits per heavy atom. The molecular weight excluding hydrogens is 216 g/mol. The molecule has 0 aromatic carbocycles. The van der Waals surface area contributed by atoms with Crippen molar-refractivity contribution in [3.05, 3.63) is 0 Å². The Kier molecular flexibility index (Phi) is 3.34. The van der Waals surface area contributed by atoms with Crippen LogP contribution in [0.3, 0.4) is 0 Å². The highest BCUT2D eigenvalue weighted by Gasteiger charge is 2.36. The fourth-order valence-corrected chi connectivity index (χ4v) is 2.16. The lowest BCUT2D eigenvalue weighted by atomic mass is 10.1. The van der Waals surface area contributed by atoms with Crippen LogP contribution in [-0.2, 0) is 4.74 Å². The summed E-state index contributed by atoms with van der Waals surface area (Å²) in [6.07, 6.45) is 2.53. The Morgan fingerprint density at radius 3 is 2.41 bits per heavy atom. The quantitative estimate of drug-likeness (QED) is 0.820. The van der Waals surface area contributed by atoms with Gasteiger partial charge in [-0.2, -0.15) is 0 Å². The number of likely N-dealkylation sites (tertiary alicyclic amines) is 1. The van der Waals surface area contributed by atoms with E-state index in [1.807, 2.05) is 20.8 Å².